The normalized spacial score (nSPS) is 17.2. The van der Waals surface area contributed by atoms with Crippen LogP contribution in [0.15, 0.2) is 65.5 Å². The van der Waals surface area contributed by atoms with Crippen molar-refractivity contribution >= 4 is 22.7 Å². The van der Waals surface area contributed by atoms with E-state index in [-0.39, 0.29) is 42.4 Å². The number of benzene rings is 2. The summed E-state index contributed by atoms with van der Waals surface area (Å²) >= 11 is 0. The third-order valence-corrected chi connectivity index (χ3v) is 7.66. The molecule has 10 heteroatoms. The van der Waals surface area contributed by atoms with Crippen molar-refractivity contribution in [2.45, 2.75) is 18.6 Å². The number of rotatable bonds is 4. The quantitative estimate of drug-likeness (QED) is 0.287. The van der Waals surface area contributed by atoms with Gasteiger partial charge in [0.1, 0.15) is 29.5 Å². The van der Waals surface area contributed by atoms with Crippen molar-refractivity contribution in [1.82, 2.24) is 14.5 Å². The molecule has 1 fully saturated rings. The number of hydrogen-bond donors (Lipinski definition) is 0. The molecule has 0 unspecified atom stereocenters. The number of carbonyl (C=O) groups excluding carboxylic acids is 1. The topological polar surface area (TPSA) is 72.0 Å². The molecule has 0 amide bonds. The van der Waals surface area contributed by atoms with E-state index in [1.165, 1.54) is 28.8 Å². The standard InChI is InChI=1S/C30H25F2N5O3/c1-33-15-22-11-12-24-26(34-22)28-25(29(38)35(24)2)30(39)40-17-23-16-36(13-14-37(23)28)27(18-3-7-20(31)8-4-18)19-5-9-21(32)10-6-19/h3-12,23,27H,13-17H2,2H3/t23-/m1/s1. The summed E-state index contributed by atoms with van der Waals surface area (Å²) in [6.07, 6.45) is 0. The van der Waals surface area contributed by atoms with Gasteiger partial charge in [-0.15, -0.1) is 0 Å². The van der Waals surface area contributed by atoms with Gasteiger partial charge in [0.05, 0.1) is 23.3 Å². The van der Waals surface area contributed by atoms with E-state index in [0.717, 1.165) is 11.1 Å². The molecule has 6 rings (SSSR count). The molecular formula is C30H25F2N5O3. The number of piperazine rings is 1. The first-order valence-electron chi connectivity index (χ1n) is 12.9. The number of nitrogens with zero attached hydrogens (tertiary/aromatic N) is 5. The van der Waals surface area contributed by atoms with Gasteiger partial charge in [-0.25, -0.2) is 25.1 Å². The molecule has 0 spiro atoms. The minimum absolute atomic E-state index is 0.0515. The molecule has 8 nitrogen and oxygen atoms in total. The summed E-state index contributed by atoms with van der Waals surface area (Å²) in [7, 11) is 1.59. The zero-order chi connectivity index (χ0) is 28.0. The lowest BCUT2D eigenvalue weighted by molar-refractivity contribution is 0.0451. The van der Waals surface area contributed by atoms with Crippen LogP contribution in [0.4, 0.5) is 14.5 Å². The van der Waals surface area contributed by atoms with Gasteiger partial charge in [0.25, 0.3) is 12.1 Å². The van der Waals surface area contributed by atoms with Crippen molar-refractivity contribution < 1.29 is 18.3 Å². The molecule has 40 heavy (non-hydrogen) atoms. The van der Waals surface area contributed by atoms with Gasteiger partial charge < -0.3 is 19.0 Å². The fourth-order valence-electron chi connectivity index (χ4n) is 5.77. The molecule has 2 aromatic carbocycles. The van der Waals surface area contributed by atoms with Gasteiger partial charge in [-0.1, -0.05) is 24.3 Å². The second-order valence-corrected chi connectivity index (χ2v) is 10.0. The van der Waals surface area contributed by atoms with Crippen LogP contribution in [-0.4, -0.2) is 52.7 Å². The molecule has 1 atom stereocenters. The predicted molar refractivity (Wildman–Crippen MR) is 145 cm³/mol. The molecule has 1 saturated heterocycles. The number of aryl methyl sites for hydroxylation is 1. The Morgan fingerprint density at radius 3 is 2.27 bits per heavy atom. The Morgan fingerprint density at radius 2 is 1.65 bits per heavy atom. The summed E-state index contributed by atoms with van der Waals surface area (Å²) in [6, 6.07) is 15.3. The zero-order valence-corrected chi connectivity index (χ0v) is 21.7. The maximum Gasteiger partial charge on any atom is 0.346 e. The molecule has 0 radical (unpaired) electrons. The van der Waals surface area contributed by atoms with Crippen molar-refractivity contribution in [3.05, 3.63) is 116 Å². The lowest BCUT2D eigenvalue weighted by Crippen LogP contribution is -2.55. The molecule has 2 aliphatic rings. The SMILES string of the molecule is [C-]#[N+]Cc1ccc2c(n1)c1c(c(=O)n2C)C(=O)OC[C@H]2CN(C(c3ccc(F)cc3)c3ccc(F)cc3)CCN12. The van der Waals surface area contributed by atoms with Crippen molar-refractivity contribution in [3.8, 4) is 0 Å². The van der Waals surface area contributed by atoms with Crippen LogP contribution in [0.25, 0.3) is 15.9 Å². The van der Waals surface area contributed by atoms with Gasteiger partial charge in [0.2, 0.25) is 0 Å². The molecule has 4 heterocycles. The van der Waals surface area contributed by atoms with Gasteiger partial charge in [-0.05, 0) is 47.5 Å². The van der Waals surface area contributed by atoms with Crippen LogP contribution in [0.5, 0.6) is 0 Å². The number of pyridine rings is 2. The first kappa shape index (κ1) is 25.6. The highest BCUT2D eigenvalue weighted by molar-refractivity contribution is 6.04. The molecule has 202 valence electrons. The van der Waals surface area contributed by atoms with Gasteiger partial charge in [-0.2, -0.15) is 0 Å². The third kappa shape index (κ3) is 4.38. The number of carbonyl (C=O) groups is 1. The molecule has 0 bridgehead atoms. The average Bonchev–Trinajstić information content (AvgIpc) is 3.10. The summed E-state index contributed by atoms with van der Waals surface area (Å²) in [5.41, 5.74) is 3.17. The first-order valence-corrected chi connectivity index (χ1v) is 12.9. The van der Waals surface area contributed by atoms with Crippen molar-refractivity contribution in [2.75, 3.05) is 31.1 Å². The van der Waals surface area contributed by atoms with E-state index >= 15 is 0 Å². The predicted octanol–water partition coefficient (Wildman–Crippen LogP) is 4.08. The minimum Gasteiger partial charge on any atom is -0.460 e. The second kappa shape index (κ2) is 10.2. The van der Waals surface area contributed by atoms with E-state index in [1.54, 1.807) is 43.4 Å². The van der Waals surface area contributed by atoms with E-state index in [9.17, 15) is 18.4 Å². The number of fused-ring (bicyclic) bond motifs is 5. The summed E-state index contributed by atoms with van der Waals surface area (Å²) in [5, 5.41) is 0. The lowest BCUT2D eigenvalue weighted by atomic mass is 9.95. The molecule has 0 N–H and O–H groups in total. The van der Waals surface area contributed by atoms with E-state index in [1.807, 2.05) is 4.90 Å². The van der Waals surface area contributed by atoms with Crippen LogP contribution in [0.1, 0.15) is 33.2 Å². The Bertz CT molecular complexity index is 1670. The monoisotopic (exact) mass is 541 g/mol. The van der Waals surface area contributed by atoms with Gasteiger partial charge in [0, 0.05) is 26.7 Å². The maximum atomic E-state index is 13.8. The Morgan fingerprint density at radius 1 is 1.00 bits per heavy atom. The average molecular weight is 542 g/mol. The molecule has 2 aromatic heterocycles. The largest absolute Gasteiger partial charge is 0.460 e. The number of hydrogen-bond acceptors (Lipinski definition) is 6. The maximum absolute atomic E-state index is 13.8. The number of halogens is 2. The van der Waals surface area contributed by atoms with Gasteiger partial charge in [-0.3, -0.25) is 9.69 Å². The van der Waals surface area contributed by atoms with Crippen LogP contribution in [0, 0.1) is 18.2 Å². The Kier molecular flexibility index (Phi) is 6.52. The number of ether oxygens (including phenoxy) is 1. The zero-order valence-electron chi connectivity index (χ0n) is 21.7. The Hall–Kier alpha value is -4.62. The molecule has 0 saturated carbocycles. The van der Waals surface area contributed by atoms with Crippen molar-refractivity contribution in [2.24, 2.45) is 7.05 Å². The van der Waals surface area contributed by atoms with E-state index in [0.29, 0.717) is 42.0 Å². The van der Waals surface area contributed by atoms with E-state index in [2.05, 4.69) is 9.74 Å². The Labute approximate surface area is 228 Å². The van der Waals surface area contributed by atoms with Gasteiger partial charge in [0.15, 0.2) is 5.56 Å². The Balaban J connectivity index is 1.44. The van der Waals surface area contributed by atoms with Crippen LogP contribution >= 0.6 is 0 Å². The third-order valence-electron chi connectivity index (χ3n) is 7.66. The minimum atomic E-state index is -0.704. The highest BCUT2D eigenvalue weighted by Crippen LogP contribution is 2.37. The van der Waals surface area contributed by atoms with E-state index in [4.69, 9.17) is 16.3 Å². The summed E-state index contributed by atoms with van der Waals surface area (Å²) < 4.78 is 34.6. The van der Waals surface area contributed by atoms with Gasteiger partial charge >= 0.3 is 5.97 Å². The number of esters is 1. The summed E-state index contributed by atoms with van der Waals surface area (Å²) in [5.74, 6) is -1.40. The molecule has 4 aromatic rings. The van der Waals surface area contributed by atoms with Crippen molar-refractivity contribution in [1.29, 1.82) is 0 Å². The van der Waals surface area contributed by atoms with Crippen LogP contribution in [0.2, 0.25) is 0 Å². The smallest absolute Gasteiger partial charge is 0.346 e. The number of cyclic esters (lactones) is 1. The fourth-order valence-corrected chi connectivity index (χ4v) is 5.77. The first-order chi connectivity index (χ1) is 19.4. The molecular weight excluding hydrogens is 516 g/mol. The van der Waals surface area contributed by atoms with E-state index < -0.39 is 11.5 Å². The molecule has 0 aliphatic carbocycles. The summed E-state index contributed by atoms with van der Waals surface area (Å²) in [4.78, 5) is 38.9. The fraction of sp³-hybridized carbons (Fsp3) is 0.267. The number of aromatic nitrogens is 2. The van der Waals surface area contributed by atoms with Crippen LogP contribution in [0.3, 0.4) is 0 Å². The summed E-state index contributed by atoms with van der Waals surface area (Å²) in [6.45, 7) is 8.81. The van der Waals surface area contributed by atoms with Crippen molar-refractivity contribution in [3.63, 3.8) is 0 Å². The number of anilines is 1. The second-order valence-electron chi connectivity index (χ2n) is 10.0. The highest BCUT2D eigenvalue weighted by Gasteiger charge is 2.39. The van der Waals surface area contributed by atoms with Crippen LogP contribution < -0.4 is 10.5 Å². The highest BCUT2D eigenvalue weighted by atomic mass is 19.1. The van der Waals surface area contributed by atoms with Crippen LogP contribution in [-0.2, 0) is 18.3 Å². The lowest BCUT2D eigenvalue weighted by Gasteiger charge is -2.45. The molecule has 2 aliphatic heterocycles.